The molecule has 0 aromatic heterocycles. The van der Waals surface area contributed by atoms with Gasteiger partial charge in [0.1, 0.15) is 0 Å². The molecule has 0 radical (unpaired) electrons. The smallest absolute Gasteiger partial charge is 0.0648 e. The number of hydrogen-bond acceptors (Lipinski definition) is 0. The SMILES string of the molecule is [OH2+]S(C1=CC=CCC1)(c1ccccc1)c1ccccc1. The van der Waals surface area contributed by atoms with Crippen molar-refractivity contribution >= 4 is 10.3 Å². The second-order valence-corrected chi connectivity index (χ2v) is 7.53. The van der Waals surface area contributed by atoms with E-state index in [-0.39, 0.29) is 0 Å². The molecule has 0 unspecified atom stereocenters. The third kappa shape index (κ3) is 2.33. The molecule has 2 N–H and O–H groups in total. The van der Waals surface area contributed by atoms with E-state index < -0.39 is 10.3 Å². The Morgan fingerprint density at radius 3 is 1.80 bits per heavy atom. The summed E-state index contributed by atoms with van der Waals surface area (Å²) in [6.07, 6.45) is 8.45. The first-order valence-electron chi connectivity index (χ1n) is 6.86. The van der Waals surface area contributed by atoms with Crippen LogP contribution in [0.2, 0.25) is 0 Å². The van der Waals surface area contributed by atoms with Crippen LogP contribution in [0.25, 0.3) is 0 Å². The van der Waals surface area contributed by atoms with Crippen LogP contribution in [0.5, 0.6) is 0 Å². The molecule has 20 heavy (non-hydrogen) atoms. The van der Waals surface area contributed by atoms with Crippen molar-refractivity contribution in [3.05, 3.63) is 83.8 Å². The van der Waals surface area contributed by atoms with E-state index in [1.807, 2.05) is 36.4 Å². The van der Waals surface area contributed by atoms with Gasteiger partial charge < -0.3 is 4.55 Å². The lowest BCUT2D eigenvalue weighted by molar-refractivity contribution is 0.627. The van der Waals surface area contributed by atoms with Crippen LogP contribution in [-0.4, -0.2) is 4.55 Å². The molecule has 0 atom stereocenters. The van der Waals surface area contributed by atoms with E-state index in [1.165, 1.54) is 4.91 Å². The predicted molar refractivity (Wildman–Crippen MR) is 87.1 cm³/mol. The lowest BCUT2D eigenvalue weighted by Gasteiger charge is -2.33. The summed E-state index contributed by atoms with van der Waals surface area (Å²) >= 11 is 0. The maximum absolute atomic E-state index is 9.28. The Hall–Kier alpha value is -1.77. The monoisotopic (exact) mass is 283 g/mol. The minimum absolute atomic E-state index is 0.985. The molecular weight excluding hydrogens is 264 g/mol. The summed E-state index contributed by atoms with van der Waals surface area (Å²) in [6, 6.07) is 20.5. The molecule has 0 saturated heterocycles. The molecule has 0 saturated carbocycles. The summed E-state index contributed by atoms with van der Waals surface area (Å²) in [7, 11) is -1.84. The highest BCUT2D eigenvalue weighted by Crippen LogP contribution is 2.66. The molecule has 1 nitrogen and oxygen atoms in total. The molecule has 0 heterocycles. The second-order valence-electron chi connectivity index (χ2n) is 4.84. The number of benzene rings is 2. The predicted octanol–water partition coefficient (Wildman–Crippen LogP) is 4.78. The molecule has 0 spiro atoms. The van der Waals surface area contributed by atoms with Crippen molar-refractivity contribution in [1.29, 1.82) is 0 Å². The van der Waals surface area contributed by atoms with Crippen molar-refractivity contribution in [2.45, 2.75) is 22.6 Å². The highest BCUT2D eigenvalue weighted by Gasteiger charge is 2.35. The van der Waals surface area contributed by atoms with Gasteiger partial charge in [0.2, 0.25) is 0 Å². The van der Waals surface area contributed by atoms with Crippen LogP contribution < -0.4 is 0 Å². The van der Waals surface area contributed by atoms with Gasteiger partial charge in [-0.3, -0.25) is 0 Å². The highest BCUT2D eigenvalue weighted by molar-refractivity contribution is 8.32. The van der Waals surface area contributed by atoms with Gasteiger partial charge in [-0.25, -0.2) is 0 Å². The van der Waals surface area contributed by atoms with Gasteiger partial charge in [0, 0.05) is 15.2 Å². The molecule has 3 rings (SSSR count). The van der Waals surface area contributed by atoms with Gasteiger partial charge in [-0.2, -0.15) is 0 Å². The lowest BCUT2D eigenvalue weighted by Crippen LogP contribution is -2.05. The average Bonchev–Trinajstić information content (AvgIpc) is 2.56. The van der Waals surface area contributed by atoms with Crippen molar-refractivity contribution < 1.29 is 4.55 Å². The van der Waals surface area contributed by atoms with Crippen LogP contribution in [0, 0.1) is 0 Å². The number of allylic oxidation sites excluding steroid dienone is 4. The van der Waals surface area contributed by atoms with E-state index in [4.69, 9.17) is 0 Å². The van der Waals surface area contributed by atoms with Crippen molar-refractivity contribution in [3.8, 4) is 0 Å². The van der Waals surface area contributed by atoms with E-state index in [2.05, 4.69) is 42.5 Å². The standard InChI is InChI=1S/C18H18OS/c19-20(16-10-4-1-5-11-16,17-12-6-2-7-13-17)18-14-8-3-9-15-18/h1-8,10-14,19H,9,15H2/p+1. The van der Waals surface area contributed by atoms with Crippen molar-refractivity contribution in [1.82, 2.24) is 0 Å². The molecule has 0 fully saturated rings. The Morgan fingerprint density at radius 2 is 1.35 bits per heavy atom. The zero-order chi connectivity index (χ0) is 13.8. The number of rotatable bonds is 3. The summed E-state index contributed by atoms with van der Waals surface area (Å²) in [6.45, 7) is 0. The number of hydrogen-bond donors (Lipinski definition) is 0. The summed E-state index contributed by atoms with van der Waals surface area (Å²) in [5, 5.41) is 0. The summed E-state index contributed by atoms with van der Waals surface area (Å²) in [5.41, 5.74) is 0. The fraction of sp³-hybridized carbons (Fsp3) is 0.111. The fourth-order valence-electron chi connectivity index (χ4n) is 2.52. The van der Waals surface area contributed by atoms with Crippen LogP contribution in [0.1, 0.15) is 12.8 Å². The van der Waals surface area contributed by atoms with Crippen LogP contribution >= 0.6 is 10.3 Å². The van der Waals surface area contributed by atoms with Crippen molar-refractivity contribution in [3.63, 3.8) is 0 Å². The molecule has 0 bridgehead atoms. The van der Waals surface area contributed by atoms with Gasteiger partial charge >= 0.3 is 0 Å². The first kappa shape index (κ1) is 13.2. The van der Waals surface area contributed by atoms with Crippen LogP contribution in [0.4, 0.5) is 0 Å². The molecule has 0 amide bonds. The van der Waals surface area contributed by atoms with Gasteiger partial charge in [-0.05, 0) is 43.2 Å². The fourth-order valence-corrected chi connectivity index (χ4v) is 5.24. The first-order chi connectivity index (χ1) is 9.82. The Morgan fingerprint density at radius 1 is 0.800 bits per heavy atom. The Bertz CT molecular complexity index is 589. The van der Waals surface area contributed by atoms with E-state index in [0.29, 0.717) is 0 Å². The molecule has 1 aliphatic carbocycles. The van der Waals surface area contributed by atoms with E-state index in [9.17, 15) is 4.55 Å². The zero-order valence-electron chi connectivity index (χ0n) is 11.3. The summed E-state index contributed by atoms with van der Waals surface area (Å²) in [4.78, 5) is 3.48. The van der Waals surface area contributed by atoms with E-state index in [1.54, 1.807) is 0 Å². The zero-order valence-corrected chi connectivity index (χ0v) is 12.1. The Balaban J connectivity index is 2.18. The van der Waals surface area contributed by atoms with Gasteiger partial charge in [0.25, 0.3) is 0 Å². The maximum Gasteiger partial charge on any atom is 0.0648 e. The van der Waals surface area contributed by atoms with Gasteiger partial charge in [0.05, 0.1) is 9.79 Å². The third-order valence-electron chi connectivity index (χ3n) is 3.56. The third-order valence-corrected chi connectivity index (χ3v) is 6.65. The molecule has 2 aromatic carbocycles. The Labute approximate surface area is 121 Å². The first-order valence-corrected chi connectivity index (χ1v) is 8.49. The summed E-state index contributed by atoms with van der Waals surface area (Å²) < 4.78 is 9.28. The highest BCUT2D eigenvalue weighted by atomic mass is 32.3. The van der Waals surface area contributed by atoms with Gasteiger partial charge in [0.15, 0.2) is 0 Å². The Kier molecular flexibility index (Phi) is 3.77. The largest absolute Gasteiger partial charge is 0.385 e. The maximum atomic E-state index is 9.28. The molecule has 2 aromatic rings. The van der Waals surface area contributed by atoms with Crippen LogP contribution in [-0.2, 0) is 0 Å². The van der Waals surface area contributed by atoms with Crippen LogP contribution in [0.15, 0.2) is 93.6 Å². The van der Waals surface area contributed by atoms with Crippen molar-refractivity contribution in [2.75, 3.05) is 0 Å². The molecular formula is C18H19OS+. The topological polar surface area (TPSA) is 22.9 Å². The minimum atomic E-state index is -1.84. The van der Waals surface area contributed by atoms with E-state index >= 15 is 0 Å². The molecule has 2 heteroatoms. The molecule has 102 valence electrons. The van der Waals surface area contributed by atoms with Crippen LogP contribution in [0.3, 0.4) is 0 Å². The van der Waals surface area contributed by atoms with E-state index in [0.717, 1.165) is 22.6 Å². The van der Waals surface area contributed by atoms with Crippen molar-refractivity contribution in [2.24, 2.45) is 0 Å². The second kappa shape index (κ2) is 5.70. The molecule has 1 aliphatic rings. The molecule has 0 aliphatic heterocycles. The summed E-state index contributed by atoms with van der Waals surface area (Å²) in [5.74, 6) is 0. The minimum Gasteiger partial charge on any atom is -0.385 e. The van der Waals surface area contributed by atoms with Gasteiger partial charge in [-0.15, -0.1) is 0 Å². The normalized spacial score (nSPS) is 15.8. The lowest BCUT2D eigenvalue weighted by atomic mass is 10.2. The van der Waals surface area contributed by atoms with Gasteiger partial charge in [-0.1, -0.05) is 48.6 Å². The quantitative estimate of drug-likeness (QED) is 0.723. The average molecular weight is 283 g/mol.